The van der Waals surface area contributed by atoms with Gasteiger partial charge in [0.2, 0.25) is 0 Å². The van der Waals surface area contributed by atoms with Crippen LogP contribution in [0.1, 0.15) is 70.4 Å². The molecule has 30 heavy (non-hydrogen) atoms. The third kappa shape index (κ3) is 3.18. The molecule has 4 aliphatic rings. The van der Waals surface area contributed by atoms with Crippen LogP contribution in [-0.2, 0) is 11.2 Å². The van der Waals surface area contributed by atoms with Crippen LogP contribution in [0.5, 0.6) is 0 Å². The molecule has 0 saturated heterocycles. The number of aromatic amines is 1. The monoisotopic (exact) mass is 419 g/mol. The summed E-state index contributed by atoms with van der Waals surface area (Å²) in [6, 6.07) is 3.94. The molecule has 0 aromatic carbocycles. The highest BCUT2D eigenvalue weighted by molar-refractivity contribution is 5.84. The number of aromatic nitrogens is 1. The van der Waals surface area contributed by atoms with Gasteiger partial charge in [0.1, 0.15) is 11.4 Å². The number of H-pyrrole nitrogens is 1. The molecule has 0 spiro atoms. The molecule has 2 N–H and O–H groups in total. The lowest BCUT2D eigenvalue weighted by atomic mass is 9.49. The molecule has 0 bridgehead atoms. The fourth-order valence-electron chi connectivity index (χ4n) is 8.43. The summed E-state index contributed by atoms with van der Waals surface area (Å²) in [5.74, 6) is 3.09. The molecule has 1 heterocycles. The normalized spacial score (nSPS) is 45.6. The summed E-state index contributed by atoms with van der Waals surface area (Å²) in [7, 11) is 0. The van der Waals surface area contributed by atoms with Crippen molar-refractivity contribution in [3.8, 4) is 0 Å². The van der Waals surface area contributed by atoms with Gasteiger partial charge in [-0.05, 0) is 105 Å². The maximum absolute atomic E-state index is 13.4. The average Bonchev–Trinajstić information content (AvgIpc) is 3.34. The third-order valence-corrected chi connectivity index (χ3v) is 9.87. The summed E-state index contributed by atoms with van der Waals surface area (Å²) in [6.07, 6.45) is 7.41. The summed E-state index contributed by atoms with van der Waals surface area (Å²) in [6.45, 7) is 2.36. The van der Waals surface area contributed by atoms with Gasteiger partial charge in [-0.2, -0.15) is 0 Å². The highest BCUT2D eigenvalue weighted by Gasteiger charge is 2.59. The minimum atomic E-state index is -2.63. The van der Waals surface area contributed by atoms with E-state index in [1.54, 1.807) is 0 Å². The molecule has 4 aliphatic carbocycles. The van der Waals surface area contributed by atoms with Crippen LogP contribution in [0.3, 0.4) is 0 Å². The van der Waals surface area contributed by atoms with Crippen LogP contribution in [0.4, 0.5) is 8.78 Å². The summed E-state index contributed by atoms with van der Waals surface area (Å²) in [5.41, 5.74) is -0.661. The van der Waals surface area contributed by atoms with Gasteiger partial charge in [0.15, 0.2) is 0 Å². The summed E-state index contributed by atoms with van der Waals surface area (Å²) < 4.78 is 26.8. The Labute approximate surface area is 178 Å². The number of halogens is 2. The highest BCUT2D eigenvalue weighted by Crippen LogP contribution is 2.65. The van der Waals surface area contributed by atoms with E-state index in [-0.39, 0.29) is 30.1 Å². The first-order valence-electron chi connectivity index (χ1n) is 12.0. The molecule has 0 radical (unpaired) electrons. The molecule has 4 fully saturated rings. The third-order valence-electron chi connectivity index (χ3n) is 9.87. The molecule has 0 unspecified atom stereocenters. The molecular formula is C25H35F2NO2. The van der Waals surface area contributed by atoms with Gasteiger partial charge in [0, 0.05) is 24.2 Å². The number of aliphatic hydroxyl groups is 1. The van der Waals surface area contributed by atoms with E-state index in [9.17, 15) is 18.7 Å². The van der Waals surface area contributed by atoms with Crippen LogP contribution < -0.4 is 0 Å². The highest BCUT2D eigenvalue weighted by atomic mass is 19.3. The minimum Gasteiger partial charge on any atom is -0.384 e. The van der Waals surface area contributed by atoms with Gasteiger partial charge in [-0.1, -0.05) is 6.92 Å². The Kier molecular flexibility index (Phi) is 5.11. The van der Waals surface area contributed by atoms with Crippen LogP contribution in [0, 0.1) is 40.9 Å². The van der Waals surface area contributed by atoms with E-state index in [1.807, 2.05) is 18.3 Å². The number of ketones is 1. The second-order valence-electron chi connectivity index (χ2n) is 11.1. The van der Waals surface area contributed by atoms with Crippen LogP contribution in [0.25, 0.3) is 0 Å². The fraction of sp³-hybridized carbons (Fsp3) is 0.800. The SMILES string of the molecule is C[C@]12CC[C@H]3[C@@H](CC[C@@H]4C[C@@](O)(C(F)F)CC[C@@H]43)[C@@H]1CC[C@@H]2C(=O)Cc1ccc[nH]1. The van der Waals surface area contributed by atoms with Crippen molar-refractivity contribution < 1.29 is 18.7 Å². The maximum atomic E-state index is 13.4. The fourth-order valence-corrected chi connectivity index (χ4v) is 8.43. The van der Waals surface area contributed by atoms with Gasteiger partial charge >= 0.3 is 0 Å². The maximum Gasteiger partial charge on any atom is 0.266 e. The molecular weight excluding hydrogens is 384 g/mol. The molecule has 3 nitrogen and oxygen atoms in total. The summed E-state index contributed by atoms with van der Waals surface area (Å²) in [5, 5.41) is 10.4. The molecule has 5 rings (SSSR count). The van der Waals surface area contributed by atoms with Gasteiger partial charge in [-0.3, -0.25) is 4.79 Å². The van der Waals surface area contributed by atoms with Gasteiger partial charge in [-0.25, -0.2) is 8.78 Å². The largest absolute Gasteiger partial charge is 0.384 e. The zero-order valence-corrected chi connectivity index (χ0v) is 18.0. The quantitative estimate of drug-likeness (QED) is 0.687. The Balaban J connectivity index is 1.30. The number of carbonyl (C=O) groups excluding carboxylic acids is 1. The Morgan fingerprint density at radius 1 is 1.13 bits per heavy atom. The Bertz CT molecular complexity index is 780. The van der Waals surface area contributed by atoms with E-state index in [1.165, 1.54) is 0 Å². The molecule has 5 heteroatoms. The Hall–Kier alpha value is -1.23. The van der Waals surface area contributed by atoms with E-state index < -0.39 is 12.0 Å². The number of Topliss-reactive ketones (excluding diaryl/α,β-unsaturated/α-hetero) is 1. The Morgan fingerprint density at radius 2 is 1.93 bits per heavy atom. The van der Waals surface area contributed by atoms with Crippen molar-refractivity contribution in [2.24, 2.45) is 40.9 Å². The van der Waals surface area contributed by atoms with Gasteiger partial charge in [0.25, 0.3) is 6.43 Å². The van der Waals surface area contributed by atoms with Crippen molar-refractivity contribution in [3.63, 3.8) is 0 Å². The summed E-state index contributed by atoms with van der Waals surface area (Å²) >= 11 is 0. The summed E-state index contributed by atoms with van der Waals surface area (Å²) in [4.78, 5) is 16.3. The zero-order valence-electron chi connectivity index (χ0n) is 18.0. The van der Waals surface area contributed by atoms with Gasteiger partial charge in [-0.15, -0.1) is 0 Å². The van der Waals surface area contributed by atoms with Crippen LogP contribution >= 0.6 is 0 Å². The van der Waals surface area contributed by atoms with E-state index in [0.29, 0.717) is 35.9 Å². The van der Waals surface area contributed by atoms with Crippen molar-refractivity contribution in [2.45, 2.75) is 83.2 Å². The number of rotatable bonds is 4. The lowest BCUT2D eigenvalue weighted by Gasteiger charge is -2.57. The van der Waals surface area contributed by atoms with E-state index in [0.717, 1.165) is 50.6 Å². The lowest BCUT2D eigenvalue weighted by Crippen LogP contribution is -2.53. The number of hydrogen-bond donors (Lipinski definition) is 2. The van der Waals surface area contributed by atoms with Crippen LogP contribution in [0.2, 0.25) is 0 Å². The van der Waals surface area contributed by atoms with Crippen molar-refractivity contribution in [1.29, 1.82) is 0 Å². The first-order valence-corrected chi connectivity index (χ1v) is 12.0. The smallest absolute Gasteiger partial charge is 0.266 e. The van der Waals surface area contributed by atoms with Crippen molar-refractivity contribution in [2.75, 3.05) is 0 Å². The second-order valence-corrected chi connectivity index (χ2v) is 11.1. The molecule has 1 aromatic heterocycles. The standard InChI is InChI=1S/C25H35F2NO2/c1-24-10-8-18-17-9-11-25(30,23(26)27)14-15(17)4-5-19(18)20(24)6-7-21(24)22(29)13-16-3-2-12-28-16/h2-3,12,15,17-21,23,28,30H,4-11,13-14H2,1H3/t15-,17+,18-,19-,20+,21-,24+,25-/m1/s1. The number of hydrogen-bond acceptors (Lipinski definition) is 2. The molecule has 0 aliphatic heterocycles. The van der Waals surface area contributed by atoms with E-state index >= 15 is 0 Å². The number of fused-ring (bicyclic) bond motifs is 5. The molecule has 1 aromatic rings. The molecule has 4 saturated carbocycles. The van der Waals surface area contributed by atoms with Crippen LogP contribution in [0.15, 0.2) is 18.3 Å². The van der Waals surface area contributed by atoms with Crippen molar-refractivity contribution in [1.82, 2.24) is 4.98 Å². The van der Waals surface area contributed by atoms with Crippen molar-refractivity contribution >= 4 is 5.78 Å². The van der Waals surface area contributed by atoms with E-state index in [2.05, 4.69) is 11.9 Å². The number of carbonyl (C=O) groups is 1. The average molecular weight is 420 g/mol. The molecule has 166 valence electrons. The van der Waals surface area contributed by atoms with Gasteiger partial charge in [0.05, 0.1) is 0 Å². The second kappa shape index (κ2) is 7.43. The zero-order chi connectivity index (χ0) is 21.1. The number of nitrogens with one attached hydrogen (secondary N) is 1. The first-order chi connectivity index (χ1) is 14.3. The predicted octanol–water partition coefficient (Wildman–Crippen LogP) is 5.39. The topological polar surface area (TPSA) is 53.1 Å². The minimum absolute atomic E-state index is 0.0933. The lowest BCUT2D eigenvalue weighted by molar-refractivity contribution is -0.160. The molecule has 0 amide bonds. The Morgan fingerprint density at radius 3 is 2.67 bits per heavy atom. The number of alkyl halides is 2. The van der Waals surface area contributed by atoms with E-state index in [4.69, 9.17) is 0 Å². The van der Waals surface area contributed by atoms with Crippen LogP contribution in [-0.4, -0.2) is 27.9 Å². The predicted molar refractivity (Wildman–Crippen MR) is 111 cm³/mol. The van der Waals surface area contributed by atoms with Crippen molar-refractivity contribution in [3.05, 3.63) is 24.0 Å². The molecule has 8 atom stereocenters. The first kappa shape index (κ1) is 20.7. The van der Waals surface area contributed by atoms with Gasteiger partial charge < -0.3 is 10.1 Å².